The monoisotopic (exact) mass is 517 g/mol. The maximum Gasteiger partial charge on any atom is 0.282 e. The molecular formula is C29H31N3O4S. The molecule has 1 heterocycles. The quantitative estimate of drug-likeness (QED) is 0.281. The van der Waals surface area contributed by atoms with Crippen molar-refractivity contribution in [2.45, 2.75) is 38.0 Å². The molecule has 1 aromatic heterocycles. The number of aromatic amines is 1. The Labute approximate surface area is 217 Å². The van der Waals surface area contributed by atoms with E-state index < -0.39 is 27.9 Å². The largest absolute Gasteiger partial charge is 0.292 e. The molecule has 7 nitrogen and oxygen atoms in total. The van der Waals surface area contributed by atoms with Crippen molar-refractivity contribution < 1.29 is 13.2 Å². The van der Waals surface area contributed by atoms with Crippen molar-refractivity contribution in [1.29, 1.82) is 0 Å². The van der Waals surface area contributed by atoms with E-state index in [1.165, 1.54) is 21.1 Å². The molecule has 37 heavy (non-hydrogen) atoms. The van der Waals surface area contributed by atoms with Gasteiger partial charge in [-0.2, -0.15) is 4.31 Å². The number of aryl methyl sites for hydroxylation is 1. The second-order valence-corrected chi connectivity index (χ2v) is 10.7. The number of sulfonamides is 1. The first-order valence-corrected chi connectivity index (χ1v) is 13.9. The van der Waals surface area contributed by atoms with E-state index in [4.69, 9.17) is 0 Å². The fourth-order valence-electron chi connectivity index (χ4n) is 4.31. The van der Waals surface area contributed by atoms with Crippen LogP contribution < -0.4 is 5.56 Å². The molecule has 0 atom stereocenters. The zero-order chi connectivity index (χ0) is 26.4. The summed E-state index contributed by atoms with van der Waals surface area (Å²) in [4.78, 5) is 27.6. The fourth-order valence-corrected chi connectivity index (χ4v) is 5.76. The Kier molecular flexibility index (Phi) is 8.21. The molecule has 4 rings (SSSR count). The zero-order valence-corrected chi connectivity index (χ0v) is 21.9. The van der Waals surface area contributed by atoms with E-state index in [0.717, 1.165) is 12.0 Å². The Morgan fingerprint density at radius 2 is 1.51 bits per heavy atom. The van der Waals surface area contributed by atoms with E-state index in [0.29, 0.717) is 29.8 Å². The predicted octanol–water partition coefficient (Wildman–Crippen LogP) is 5.07. The van der Waals surface area contributed by atoms with E-state index in [-0.39, 0.29) is 17.0 Å². The van der Waals surface area contributed by atoms with Crippen molar-refractivity contribution in [3.63, 3.8) is 0 Å². The van der Waals surface area contributed by atoms with Gasteiger partial charge < -0.3 is 0 Å². The van der Waals surface area contributed by atoms with Gasteiger partial charge in [-0.1, -0.05) is 87.0 Å². The number of Topliss-reactive ketones (excluding diaryl/α,β-unsaturated/α-hetero) is 1. The molecule has 1 N–H and O–H groups in total. The smallest absolute Gasteiger partial charge is 0.282 e. The molecule has 3 aromatic carbocycles. The minimum absolute atomic E-state index is 0.0538. The number of benzene rings is 3. The molecule has 0 amide bonds. The number of hydrogen-bond acceptors (Lipinski definition) is 4. The summed E-state index contributed by atoms with van der Waals surface area (Å²) in [5.41, 5.74) is 2.08. The van der Waals surface area contributed by atoms with Gasteiger partial charge in [0, 0.05) is 12.1 Å². The summed E-state index contributed by atoms with van der Waals surface area (Å²) in [6.07, 6.45) is 2.05. The van der Waals surface area contributed by atoms with Gasteiger partial charge in [-0.3, -0.25) is 14.7 Å². The molecule has 4 aromatic rings. The van der Waals surface area contributed by atoms with Crippen LogP contribution in [0.15, 0.2) is 94.6 Å². The summed E-state index contributed by atoms with van der Waals surface area (Å²) in [7, 11) is -3.93. The Morgan fingerprint density at radius 1 is 0.892 bits per heavy atom. The lowest BCUT2D eigenvalue weighted by atomic mass is 10.0. The van der Waals surface area contributed by atoms with Crippen LogP contribution in [0.4, 0.5) is 0 Å². The zero-order valence-electron chi connectivity index (χ0n) is 21.1. The van der Waals surface area contributed by atoms with Crippen LogP contribution in [0.2, 0.25) is 0 Å². The number of unbranched alkanes of at least 4 members (excludes halogenated alkanes) is 1. The number of aromatic nitrogens is 2. The van der Waals surface area contributed by atoms with E-state index in [2.05, 4.69) is 5.10 Å². The van der Waals surface area contributed by atoms with Crippen LogP contribution in [0.25, 0.3) is 16.9 Å². The molecule has 0 unspecified atom stereocenters. The van der Waals surface area contributed by atoms with Crippen LogP contribution in [0.5, 0.6) is 0 Å². The van der Waals surface area contributed by atoms with E-state index in [9.17, 15) is 18.0 Å². The molecular weight excluding hydrogens is 486 g/mol. The summed E-state index contributed by atoms with van der Waals surface area (Å²) in [5.74, 6) is -0.552. The number of ketones is 1. The predicted molar refractivity (Wildman–Crippen MR) is 146 cm³/mol. The van der Waals surface area contributed by atoms with Crippen LogP contribution in [-0.2, 0) is 16.4 Å². The van der Waals surface area contributed by atoms with Crippen LogP contribution >= 0.6 is 0 Å². The van der Waals surface area contributed by atoms with Crippen LogP contribution in [0.1, 0.15) is 42.6 Å². The first kappa shape index (κ1) is 26.3. The lowest BCUT2D eigenvalue weighted by Gasteiger charge is -2.21. The Bertz CT molecular complexity index is 1520. The molecule has 0 saturated carbocycles. The van der Waals surface area contributed by atoms with Crippen LogP contribution in [0.3, 0.4) is 0 Å². The van der Waals surface area contributed by atoms with Crippen molar-refractivity contribution >= 4 is 15.8 Å². The van der Waals surface area contributed by atoms with Gasteiger partial charge in [-0.25, -0.2) is 13.1 Å². The summed E-state index contributed by atoms with van der Waals surface area (Å²) in [5, 5.41) is 3.14. The first-order chi connectivity index (χ1) is 17.9. The SMILES string of the molecule is CCCCN(CC(=O)c1c(-c2ccccc2)[nH]n(-c2ccccc2CC)c1=O)S(=O)(=O)c1ccccc1. The third kappa shape index (κ3) is 5.50. The fraction of sp³-hybridized carbons (Fsp3) is 0.241. The second kappa shape index (κ2) is 11.5. The van der Waals surface area contributed by atoms with Gasteiger partial charge >= 0.3 is 0 Å². The van der Waals surface area contributed by atoms with Crippen molar-refractivity contribution in [3.8, 4) is 16.9 Å². The van der Waals surface area contributed by atoms with Gasteiger partial charge in [-0.05, 0) is 36.6 Å². The standard InChI is InChI=1S/C29H31N3O4S/c1-3-5-20-31(37(35,36)24-17-10-7-11-18-24)21-26(33)27-28(23-15-8-6-9-16-23)30-32(29(27)34)25-19-13-12-14-22(25)4-2/h6-19,30H,3-5,20-21H2,1-2H3. The van der Waals surface area contributed by atoms with E-state index in [1.807, 2.05) is 68.4 Å². The Hall–Kier alpha value is -3.75. The summed E-state index contributed by atoms with van der Waals surface area (Å²) in [6, 6.07) is 24.7. The van der Waals surface area contributed by atoms with Crippen molar-refractivity contribution in [2.75, 3.05) is 13.1 Å². The third-order valence-corrected chi connectivity index (χ3v) is 8.17. The minimum atomic E-state index is -3.93. The van der Waals surface area contributed by atoms with Gasteiger partial charge in [0.2, 0.25) is 10.0 Å². The topological polar surface area (TPSA) is 92.2 Å². The van der Waals surface area contributed by atoms with Gasteiger partial charge in [0.1, 0.15) is 5.56 Å². The molecule has 0 saturated heterocycles. The van der Waals surface area contributed by atoms with Crippen molar-refractivity contribution in [2.24, 2.45) is 0 Å². The molecule has 0 fully saturated rings. The maximum absolute atomic E-state index is 13.8. The highest BCUT2D eigenvalue weighted by atomic mass is 32.2. The van der Waals surface area contributed by atoms with Crippen LogP contribution in [-0.4, -0.2) is 41.4 Å². The number of para-hydroxylation sites is 1. The normalized spacial score (nSPS) is 11.6. The third-order valence-electron chi connectivity index (χ3n) is 6.31. The van der Waals surface area contributed by atoms with Gasteiger partial charge in [-0.15, -0.1) is 0 Å². The Morgan fingerprint density at radius 3 is 2.16 bits per heavy atom. The molecule has 8 heteroatoms. The van der Waals surface area contributed by atoms with Crippen molar-refractivity contribution in [1.82, 2.24) is 14.1 Å². The summed E-state index contributed by atoms with van der Waals surface area (Å²) >= 11 is 0. The number of nitrogens with zero attached hydrogens (tertiary/aromatic N) is 2. The van der Waals surface area contributed by atoms with Gasteiger partial charge in [0.25, 0.3) is 5.56 Å². The van der Waals surface area contributed by atoms with Crippen molar-refractivity contribution in [3.05, 3.63) is 106 Å². The minimum Gasteiger partial charge on any atom is -0.292 e. The molecule has 0 aliphatic carbocycles. The number of H-pyrrole nitrogens is 1. The number of carbonyl (C=O) groups is 1. The van der Waals surface area contributed by atoms with Gasteiger partial charge in [0.05, 0.1) is 22.8 Å². The molecule has 0 aliphatic rings. The maximum atomic E-state index is 13.8. The average molecular weight is 518 g/mol. The molecule has 0 spiro atoms. The second-order valence-electron chi connectivity index (χ2n) is 8.78. The molecule has 192 valence electrons. The van der Waals surface area contributed by atoms with E-state index >= 15 is 0 Å². The lowest BCUT2D eigenvalue weighted by Crippen LogP contribution is -2.38. The average Bonchev–Trinajstić information content (AvgIpc) is 3.28. The summed E-state index contributed by atoms with van der Waals surface area (Å²) in [6.45, 7) is 3.70. The number of hydrogen-bond donors (Lipinski definition) is 1. The Balaban J connectivity index is 1.82. The molecule has 0 bridgehead atoms. The summed E-state index contributed by atoms with van der Waals surface area (Å²) < 4.78 is 29.4. The van der Waals surface area contributed by atoms with Crippen LogP contribution in [0, 0.1) is 0 Å². The molecule has 0 aliphatic heterocycles. The number of carbonyl (C=O) groups excluding carboxylic acids is 1. The highest BCUT2D eigenvalue weighted by Crippen LogP contribution is 2.24. The highest BCUT2D eigenvalue weighted by molar-refractivity contribution is 7.89. The lowest BCUT2D eigenvalue weighted by molar-refractivity contribution is 0.0965. The highest BCUT2D eigenvalue weighted by Gasteiger charge is 2.30. The first-order valence-electron chi connectivity index (χ1n) is 12.5. The van der Waals surface area contributed by atoms with Gasteiger partial charge in [0.15, 0.2) is 5.78 Å². The number of nitrogens with one attached hydrogen (secondary N) is 1. The van der Waals surface area contributed by atoms with E-state index in [1.54, 1.807) is 18.2 Å². The molecule has 0 radical (unpaired) electrons. The number of rotatable bonds is 11.